The summed E-state index contributed by atoms with van der Waals surface area (Å²) in [5, 5.41) is 31.3. The number of aromatic hydroxyl groups is 3. The molecule has 0 atom stereocenters. The van der Waals surface area contributed by atoms with E-state index in [1.807, 2.05) is 12.1 Å². The third-order valence-corrected chi connectivity index (χ3v) is 4.74. The lowest BCUT2D eigenvalue weighted by Crippen LogP contribution is -1.88. The fourth-order valence-corrected chi connectivity index (χ4v) is 3.12. The van der Waals surface area contributed by atoms with Crippen LogP contribution in [0.3, 0.4) is 0 Å². The van der Waals surface area contributed by atoms with Crippen molar-refractivity contribution < 1.29 is 19.7 Å². The van der Waals surface area contributed by atoms with Crippen LogP contribution in [0.5, 0.6) is 17.2 Å². The average molecular weight is 378 g/mol. The van der Waals surface area contributed by atoms with Crippen molar-refractivity contribution in [2.45, 2.75) is 40.0 Å². The molecule has 4 heteroatoms. The molecule has 2 aromatic carbocycles. The van der Waals surface area contributed by atoms with Crippen LogP contribution in [0.25, 0.3) is 22.3 Å². The molecule has 146 valence electrons. The molecule has 1 heterocycles. The lowest BCUT2D eigenvalue weighted by Gasteiger charge is -2.08. The van der Waals surface area contributed by atoms with Gasteiger partial charge in [-0.15, -0.1) is 0 Å². The Morgan fingerprint density at radius 1 is 0.929 bits per heavy atom. The standard InChI is InChI=1S/C24H26O4/c1-15(2)5-4-6-16(3)7-10-20-21(26)11-18(12-22(20)27)23-13-17-8-9-19(25)14-24(17)28-23/h5,7-9,11-14,25-27H,4,6,10H2,1-3H3. The van der Waals surface area contributed by atoms with E-state index in [1.54, 1.807) is 24.3 Å². The zero-order valence-electron chi connectivity index (χ0n) is 16.5. The van der Waals surface area contributed by atoms with Gasteiger partial charge in [0, 0.05) is 22.6 Å². The van der Waals surface area contributed by atoms with Crippen LogP contribution in [0.1, 0.15) is 39.2 Å². The Morgan fingerprint density at radius 3 is 2.32 bits per heavy atom. The molecule has 28 heavy (non-hydrogen) atoms. The van der Waals surface area contributed by atoms with E-state index in [0.29, 0.717) is 28.9 Å². The normalized spacial score (nSPS) is 11.8. The first-order valence-electron chi connectivity index (χ1n) is 9.40. The molecule has 0 aliphatic rings. The summed E-state index contributed by atoms with van der Waals surface area (Å²) < 4.78 is 5.75. The van der Waals surface area contributed by atoms with Gasteiger partial charge in [-0.2, -0.15) is 0 Å². The molecule has 0 amide bonds. The van der Waals surface area contributed by atoms with Crippen molar-refractivity contribution in [3.8, 4) is 28.6 Å². The number of fused-ring (bicyclic) bond motifs is 1. The lowest BCUT2D eigenvalue weighted by atomic mass is 10.0. The molecule has 1 aromatic heterocycles. The molecule has 3 N–H and O–H groups in total. The fourth-order valence-electron chi connectivity index (χ4n) is 3.12. The second-order valence-electron chi connectivity index (χ2n) is 7.40. The van der Waals surface area contributed by atoms with E-state index in [4.69, 9.17) is 4.42 Å². The minimum absolute atomic E-state index is 0.0339. The maximum Gasteiger partial charge on any atom is 0.138 e. The fraction of sp³-hybridized carbons (Fsp3) is 0.250. The molecule has 0 saturated carbocycles. The van der Waals surface area contributed by atoms with Gasteiger partial charge in [0.1, 0.15) is 28.6 Å². The van der Waals surface area contributed by atoms with Crippen LogP contribution >= 0.6 is 0 Å². The topological polar surface area (TPSA) is 73.8 Å². The molecule has 0 spiro atoms. The second kappa shape index (κ2) is 8.26. The number of furan rings is 1. The molecule has 0 bridgehead atoms. The van der Waals surface area contributed by atoms with E-state index in [-0.39, 0.29) is 17.2 Å². The van der Waals surface area contributed by atoms with Crippen LogP contribution in [0.4, 0.5) is 0 Å². The molecule has 0 saturated heterocycles. The summed E-state index contributed by atoms with van der Waals surface area (Å²) in [4.78, 5) is 0. The van der Waals surface area contributed by atoms with Gasteiger partial charge in [-0.1, -0.05) is 23.3 Å². The third kappa shape index (κ3) is 4.58. The van der Waals surface area contributed by atoms with Gasteiger partial charge in [-0.25, -0.2) is 0 Å². The van der Waals surface area contributed by atoms with Gasteiger partial charge in [0.25, 0.3) is 0 Å². The quantitative estimate of drug-likeness (QED) is 0.431. The zero-order chi connectivity index (χ0) is 20.3. The molecule has 4 nitrogen and oxygen atoms in total. The Morgan fingerprint density at radius 2 is 1.64 bits per heavy atom. The maximum absolute atomic E-state index is 10.4. The zero-order valence-corrected chi connectivity index (χ0v) is 16.5. The number of phenols is 3. The molecule has 0 fully saturated rings. The predicted molar refractivity (Wildman–Crippen MR) is 113 cm³/mol. The van der Waals surface area contributed by atoms with Crippen LogP contribution in [-0.4, -0.2) is 15.3 Å². The highest BCUT2D eigenvalue weighted by Crippen LogP contribution is 2.37. The van der Waals surface area contributed by atoms with E-state index in [0.717, 1.165) is 18.2 Å². The highest BCUT2D eigenvalue weighted by Gasteiger charge is 2.13. The van der Waals surface area contributed by atoms with Crippen LogP contribution in [-0.2, 0) is 6.42 Å². The summed E-state index contributed by atoms with van der Waals surface area (Å²) in [6, 6.07) is 9.89. The SMILES string of the molecule is CC(C)=CCCC(C)=CCc1c(O)cc(-c2cc3ccc(O)cc3o2)cc1O. The molecule has 3 aromatic rings. The largest absolute Gasteiger partial charge is 0.508 e. The monoisotopic (exact) mass is 378 g/mol. The summed E-state index contributed by atoms with van der Waals surface area (Å²) in [5.41, 5.74) is 4.16. The Balaban J connectivity index is 1.81. The van der Waals surface area contributed by atoms with Crippen LogP contribution in [0.15, 0.2) is 64.1 Å². The Kier molecular flexibility index (Phi) is 5.78. The summed E-state index contributed by atoms with van der Waals surface area (Å²) in [6.07, 6.45) is 6.65. The predicted octanol–water partition coefficient (Wildman–Crippen LogP) is 6.45. The van der Waals surface area contributed by atoms with Gasteiger partial charge in [0.2, 0.25) is 0 Å². The summed E-state index contributed by atoms with van der Waals surface area (Å²) in [7, 11) is 0. The highest BCUT2D eigenvalue weighted by molar-refractivity contribution is 5.84. The molecule has 0 aliphatic carbocycles. The van der Waals surface area contributed by atoms with E-state index >= 15 is 0 Å². The van der Waals surface area contributed by atoms with Gasteiger partial charge in [-0.05, 0) is 70.4 Å². The molecule has 3 rings (SSSR count). The summed E-state index contributed by atoms with van der Waals surface area (Å²) in [6.45, 7) is 6.23. The van der Waals surface area contributed by atoms with Crippen molar-refractivity contribution in [1.82, 2.24) is 0 Å². The molecule has 0 aliphatic heterocycles. The van der Waals surface area contributed by atoms with Crippen molar-refractivity contribution in [3.63, 3.8) is 0 Å². The van der Waals surface area contributed by atoms with Gasteiger partial charge >= 0.3 is 0 Å². The minimum atomic E-state index is 0.0339. The molecular formula is C24H26O4. The molecule has 0 radical (unpaired) electrons. The van der Waals surface area contributed by atoms with Gasteiger partial charge < -0.3 is 19.7 Å². The summed E-state index contributed by atoms with van der Waals surface area (Å²) >= 11 is 0. The van der Waals surface area contributed by atoms with Crippen LogP contribution in [0, 0.1) is 0 Å². The first kappa shape index (κ1) is 19.6. The number of rotatable bonds is 6. The average Bonchev–Trinajstić information content (AvgIpc) is 3.03. The van der Waals surface area contributed by atoms with Crippen LogP contribution in [0.2, 0.25) is 0 Å². The maximum atomic E-state index is 10.4. The van der Waals surface area contributed by atoms with Crippen molar-refractivity contribution >= 4 is 11.0 Å². The molecule has 0 unspecified atom stereocenters. The van der Waals surface area contributed by atoms with Crippen molar-refractivity contribution in [2.24, 2.45) is 0 Å². The Hall–Kier alpha value is -3.14. The number of benzene rings is 2. The van der Waals surface area contributed by atoms with Gasteiger partial charge in [-0.3, -0.25) is 0 Å². The van der Waals surface area contributed by atoms with Gasteiger partial charge in [0.15, 0.2) is 0 Å². The van der Waals surface area contributed by atoms with E-state index in [9.17, 15) is 15.3 Å². The highest BCUT2D eigenvalue weighted by atomic mass is 16.3. The smallest absolute Gasteiger partial charge is 0.138 e. The van der Waals surface area contributed by atoms with Crippen LogP contribution < -0.4 is 0 Å². The Labute approximate surface area is 165 Å². The summed E-state index contributed by atoms with van der Waals surface area (Å²) in [5.74, 6) is 0.714. The number of hydrogen-bond acceptors (Lipinski definition) is 4. The number of hydrogen-bond donors (Lipinski definition) is 3. The first-order valence-corrected chi connectivity index (χ1v) is 9.40. The van der Waals surface area contributed by atoms with E-state index < -0.39 is 0 Å². The lowest BCUT2D eigenvalue weighted by molar-refractivity contribution is 0.441. The third-order valence-electron chi connectivity index (χ3n) is 4.74. The number of phenolic OH excluding ortho intramolecular Hbond substituents is 3. The molecular weight excluding hydrogens is 352 g/mol. The Bertz CT molecular complexity index is 1030. The first-order chi connectivity index (χ1) is 13.3. The van der Waals surface area contributed by atoms with Gasteiger partial charge in [0.05, 0.1) is 0 Å². The van der Waals surface area contributed by atoms with E-state index in [2.05, 4.69) is 26.8 Å². The van der Waals surface area contributed by atoms with Crippen molar-refractivity contribution in [3.05, 3.63) is 65.3 Å². The van der Waals surface area contributed by atoms with Crippen molar-refractivity contribution in [2.75, 3.05) is 0 Å². The number of allylic oxidation sites excluding steroid dienone is 4. The second-order valence-corrected chi connectivity index (χ2v) is 7.40. The minimum Gasteiger partial charge on any atom is -0.508 e. The van der Waals surface area contributed by atoms with E-state index in [1.165, 1.54) is 17.2 Å². The van der Waals surface area contributed by atoms with Crippen molar-refractivity contribution in [1.29, 1.82) is 0 Å².